The van der Waals surface area contributed by atoms with Crippen LogP contribution in [0, 0.1) is 0 Å². The lowest BCUT2D eigenvalue weighted by Gasteiger charge is -2.17. The molecule has 7 heteroatoms. The third-order valence-electron chi connectivity index (χ3n) is 2.37. The minimum absolute atomic E-state index is 0.0230. The Hall–Kier alpha value is -1.44. The fraction of sp³-hybridized carbons (Fsp3) is 0.462. The molecule has 1 aromatic carbocycles. The molecule has 0 aliphatic carbocycles. The van der Waals surface area contributed by atoms with Gasteiger partial charge < -0.3 is 9.84 Å². The highest BCUT2D eigenvalue weighted by Gasteiger charge is 2.20. The minimum Gasteiger partial charge on any atom is -0.462 e. The summed E-state index contributed by atoms with van der Waals surface area (Å²) in [7, 11) is -3.71. The largest absolute Gasteiger partial charge is 0.462 e. The first-order valence-corrected chi connectivity index (χ1v) is 7.63. The van der Waals surface area contributed by atoms with Crippen molar-refractivity contribution in [1.29, 1.82) is 0 Å². The second-order valence-corrected chi connectivity index (χ2v) is 6.65. The Morgan fingerprint density at radius 1 is 1.30 bits per heavy atom. The number of carbonyl (C=O) groups is 1. The highest BCUT2D eigenvalue weighted by Crippen LogP contribution is 2.12. The third kappa shape index (κ3) is 4.92. The molecule has 0 fully saturated rings. The monoisotopic (exact) mass is 301 g/mol. The molecule has 1 rings (SSSR count). The van der Waals surface area contributed by atoms with E-state index in [4.69, 9.17) is 4.74 Å². The molecule has 0 aliphatic rings. The van der Waals surface area contributed by atoms with E-state index in [-0.39, 0.29) is 23.6 Å². The molecular weight excluding hydrogens is 282 g/mol. The molecule has 0 aliphatic heterocycles. The highest BCUT2D eigenvalue weighted by molar-refractivity contribution is 7.89. The number of aliphatic hydroxyl groups is 1. The quantitative estimate of drug-likeness (QED) is 0.762. The van der Waals surface area contributed by atoms with Crippen molar-refractivity contribution in [2.24, 2.45) is 0 Å². The maximum Gasteiger partial charge on any atom is 0.338 e. The number of nitrogens with one attached hydrogen (secondary N) is 1. The predicted molar refractivity (Wildman–Crippen MR) is 73.9 cm³/mol. The molecule has 1 aromatic rings. The number of esters is 1. The zero-order valence-corrected chi connectivity index (χ0v) is 12.5. The van der Waals surface area contributed by atoms with Gasteiger partial charge in [-0.15, -0.1) is 0 Å². The van der Waals surface area contributed by atoms with Gasteiger partial charge in [-0.2, -0.15) is 0 Å². The summed E-state index contributed by atoms with van der Waals surface area (Å²) in [4.78, 5) is 11.5. The lowest BCUT2D eigenvalue weighted by atomic mass is 10.1. The molecule has 112 valence electrons. The standard InChI is InChI=1S/C13H19NO5S/c1-4-19-12(15)10-5-7-11(8-6-10)20(17,18)14-9-13(2,3)16/h5-8,14,16H,4,9H2,1-3H3. The minimum atomic E-state index is -3.71. The van der Waals surface area contributed by atoms with E-state index in [0.717, 1.165) is 0 Å². The Balaban J connectivity index is 2.84. The third-order valence-corrected chi connectivity index (χ3v) is 3.79. The van der Waals surface area contributed by atoms with Crippen LogP contribution in [0.5, 0.6) is 0 Å². The Bertz CT molecular complexity index is 557. The smallest absolute Gasteiger partial charge is 0.338 e. The van der Waals surface area contributed by atoms with Crippen LogP contribution in [-0.2, 0) is 14.8 Å². The van der Waals surface area contributed by atoms with Gasteiger partial charge in [0, 0.05) is 6.54 Å². The zero-order valence-electron chi connectivity index (χ0n) is 11.7. The molecule has 0 saturated carbocycles. The van der Waals surface area contributed by atoms with Crippen LogP contribution in [0.4, 0.5) is 0 Å². The highest BCUT2D eigenvalue weighted by atomic mass is 32.2. The van der Waals surface area contributed by atoms with Crippen molar-refractivity contribution >= 4 is 16.0 Å². The first-order valence-electron chi connectivity index (χ1n) is 6.15. The van der Waals surface area contributed by atoms with Crippen LogP contribution in [0.25, 0.3) is 0 Å². The van der Waals surface area contributed by atoms with Gasteiger partial charge in [-0.3, -0.25) is 0 Å². The van der Waals surface area contributed by atoms with Gasteiger partial charge >= 0.3 is 5.97 Å². The van der Waals surface area contributed by atoms with Crippen molar-refractivity contribution in [3.05, 3.63) is 29.8 Å². The lowest BCUT2D eigenvalue weighted by Crippen LogP contribution is -2.38. The summed E-state index contributed by atoms with van der Waals surface area (Å²) in [5.41, 5.74) is -0.855. The second kappa shape index (κ2) is 6.34. The Morgan fingerprint density at radius 2 is 1.85 bits per heavy atom. The molecular formula is C13H19NO5S. The first kappa shape index (κ1) is 16.6. The van der Waals surface area contributed by atoms with Gasteiger partial charge in [-0.1, -0.05) is 0 Å². The molecule has 0 aromatic heterocycles. The van der Waals surface area contributed by atoms with Crippen LogP contribution in [0.15, 0.2) is 29.2 Å². The fourth-order valence-corrected chi connectivity index (χ4v) is 2.54. The van der Waals surface area contributed by atoms with E-state index in [1.807, 2.05) is 0 Å². The van der Waals surface area contributed by atoms with Crippen LogP contribution in [-0.4, -0.2) is 38.2 Å². The summed E-state index contributed by atoms with van der Waals surface area (Å²) in [6.45, 7) is 4.84. The molecule has 0 radical (unpaired) electrons. The summed E-state index contributed by atoms with van der Waals surface area (Å²) >= 11 is 0. The van der Waals surface area contributed by atoms with E-state index in [9.17, 15) is 18.3 Å². The van der Waals surface area contributed by atoms with Crippen molar-refractivity contribution in [3.8, 4) is 0 Å². The van der Waals surface area contributed by atoms with Crippen molar-refractivity contribution in [3.63, 3.8) is 0 Å². The summed E-state index contributed by atoms with van der Waals surface area (Å²) < 4.78 is 31.0. The van der Waals surface area contributed by atoms with Crippen molar-refractivity contribution in [1.82, 2.24) is 4.72 Å². The van der Waals surface area contributed by atoms with Gasteiger partial charge in [-0.05, 0) is 45.0 Å². The molecule has 0 atom stereocenters. The van der Waals surface area contributed by atoms with Crippen molar-refractivity contribution in [2.75, 3.05) is 13.2 Å². The van der Waals surface area contributed by atoms with E-state index in [1.165, 1.54) is 38.1 Å². The second-order valence-electron chi connectivity index (χ2n) is 4.88. The molecule has 0 saturated heterocycles. The molecule has 6 nitrogen and oxygen atoms in total. The van der Waals surface area contributed by atoms with Gasteiger partial charge in [0.15, 0.2) is 0 Å². The normalized spacial score (nSPS) is 12.2. The molecule has 0 amide bonds. The topological polar surface area (TPSA) is 92.7 Å². The van der Waals surface area contributed by atoms with E-state index < -0.39 is 21.6 Å². The average Bonchev–Trinajstić information content (AvgIpc) is 2.36. The number of benzene rings is 1. The Morgan fingerprint density at radius 3 is 2.30 bits per heavy atom. The van der Waals surface area contributed by atoms with Gasteiger partial charge in [-0.25, -0.2) is 17.9 Å². The molecule has 0 spiro atoms. The van der Waals surface area contributed by atoms with Crippen LogP contribution >= 0.6 is 0 Å². The van der Waals surface area contributed by atoms with E-state index in [1.54, 1.807) is 6.92 Å². The number of rotatable bonds is 6. The number of sulfonamides is 1. The van der Waals surface area contributed by atoms with Crippen LogP contribution < -0.4 is 4.72 Å². The molecule has 0 bridgehead atoms. The van der Waals surface area contributed by atoms with Crippen LogP contribution in [0.3, 0.4) is 0 Å². The number of carbonyl (C=O) groups excluding carboxylic acids is 1. The maximum atomic E-state index is 11.9. The lowest BCUT2D eigenvalue weighted by molar-refractivity contribution is 0.0526. The van der Waals surface area contributed by atoms with Crippen molar-refractivity contribution < 1.29 is 23.1 Å². The predicted octanol–water partition coefficient (Wildman–Crippen LogP) is 0.912. The Labute approximate surface area is 118 Å². The summed E-state index contributed by atoms with van der Waals surface area (Å²) in [6, 6.07) is 5.41. The van der Waals surface area contributed by atoms with Crippen molar-refractivity contribution in [2.45, 2.75) is 31.3 Å². The van der Waals surface area contributed by atoms with E-state index in [0.29, 0.717) is 0 Å². The zero-order chi connectivity index (χ0) is 15.4. The van der Waals surface area contributed by atoms with Gasteiger partial charge in [0.05, 0.1) is 22.7 Å². The van der Waals surface area contributed by atoms with Crippen LogP contribution in [0.2, 0.25) is 0 Å². The summed E-state index contributed by atoms with van der Waals surface area (Å²) in [5.74, 6) is -0.499. The van der Waals surface area contributed by atoms with Crippen LogP contribution in [0.1, 0.15) is 31.1 Å². The molecule has 0 unspecified atom stereocenters. The maximum absolute atomic E-state index is 11.9. The fourth-order valence-electron chi connectivity index (χ4n) is 1.34. The summed E-state index contributed by atoms with van der Waals surface area (Å²) in [6.07, 6.45) is 0. The van der Waals surface area contributed by atoms with E-state index in [2.05, 4.69) is 4.72 Å². The van der Waals surface area contributed by atoms with Gasteiger partial charge in [0.2, 0.25) is 10.0 Å². The molecule has 20 heavy (non-hydrogen) atoms. The van der Waals surface area contributed by atoms with Gasteiger partial charge in [0.25, 0.3) is 0 Å². The van der Waals surface area contributed by atoms with E-state index >= 15 is 0 Å². The summed E-state index contributed by atoms with van der Waals surface area (Å²) in [5, 5.41) is 9.52. The van der Waals surface area contributed by atoms with Gasteiger partial charge in [0.1, 0.15) is 0 Å². The Kier molecular flexibility index (Phi) is 5.27. The first-order chi connectivity index (χ1) is 9.15. The average molecular weight is 301 g/mol. The SMILES string of the molecule is CCOC(=O)c1ccc(S(=O)(=O)NCC(C)(C)O)cc1. The number of hydrogen-bond acceptors (Lipinski definition) is 5. The molecule has 0 heterocycles. The number of ether oxygens (including phenoxy) is 1. The molecule has 2 N–H and O–H groups in total. The number of hydrogen-bond donors (Lipinski definition) is 2.